The topological polar surface area (TPSA) is 64.6 Å². The van der Waals surface area contributed by atoms with Crippen LogP contribution >= 0.6 is 0 Å². The summed E-state index contributed by atoms with van der Waals surface area (Å²) in [6.45, 7) is 6.49. The lowest BCUT2D eigenvalue weighted by molar-refractivity contribution is -0.133. The zero-order valence-electron chi connectivity index (χ0n) is 10.1. The van der Waals surface area contributed by atoms with E-state index >= 15 is 0 Å². The van der Waals surface area contributed by atoms with E-state index in [9.17, 15) is 8.42 Å². The van der Waals surface area contributed by atoms with Crippen LogP contribution < -0.4 is 4.72 Å². The fourth-order valence-electron chi connectivity index (χ4n) is 0.970. The molecular weight excluding hydrogens is 230 g/mol. The Morgan fingerprint density at radius 1 is 1.19 bits per heavy atom. The second kappa shape index (κ2) is 8.55. The van der Waals surface area contributed by atoms with Crippen molar-refractivity contribution in [3.63, 3.8) is 0 Å². The average molecular weight is 251 g/mol. The van der Waals surface area contributed by atoms with E-state index in [0.717, 1.165) is 0 Å². The standard InChI is InChI=1S/C10H21NO4S/c1-4-14-10(15-5-2)8-7-9-11-16(12,13)6-3/h7,9-11H,4-6,8H2,1-3H3. The molecule has 0 aliphatic rings. The first-order chi connectivity index (χ1) is 7.55. The second-order valence-corrected chi connectivity index (χ2v) is 5.04. The Labute approximate surface area is 97.9 Å². The molecule has 5 nitrogen and oxygen atoms in total. The van der Waals surface area contributed by atoms with E-state index in [1.807, 2.05) is 13.8 Å². The highest BCUT2D eigenvalue weighted by atomic mass is 32.2. The summed E-state index contributed by atoms with van der Waals surface area (Å²) in [6.07, 6.45) is 3.30. The summed E-state index contributed by atoms with van der Waals surface area (Å²) in [5, 5.41) is 0. The Kier molecular flexibility index (Phi) is 8.23. The van der Waals surface area contributed by atoms with Crippen LogP contribution in [0.3, 0.4) is 0 Å². The minimum atomic E-state index is -3.16. The third-order valence-corrected chi connectivity index (χ3v) is 3.03. The molecular formula is C10H21NO4S. The monoisotopic (exact) mass is 251 g/mol. The largest absolute Gasteiger partial charge is 0.353 e. The van der Waals surface area contributed by atoms with Crippen molar-refractivity contribution in [2.45, 2.75) is 33.5 Å². The number of sulfonamides is 1. The van der Waals surface area contributed by atoms with Gasteiger partial charge in [0.1, 0.15) is 0 Å². The fraction of sp³-hybridized carbons (Fsp3) is 0.800. The lowest BCUT2D eigenvalue weighted by atomic mass is 10.4. The lowest BCUT2D eigenvalue weighted by Crippen LogP contribution is -2.20. The molecule has 96 valence electrons. The van der Waals surface area contributed by atoms with Gasteiger partial charge in [-0.3, -0.25) is 4.72 Å². The van der Waals surface area contributed by atoms with Crippen molar-refractivity contribution in [2.75, 3.05) is 19.0 Å². The molecule has 16 heavy (non-hydrogen) atoms. The van der Waals surface area contributed by atoms with Crippen molar-refractivity contribution < 1.29 is 17.9 Å². The van der Waals surface area contributed by atoms with E-state index in [1.54, 1.807) is 13.0 Å². The number of ether oxygens (including phenoxy) is 2. The number of rotatable bonds is 9. The first-order valence-electron chi connectivity index (χ1n) is 5.43. The maximum absolute atomic E-state index is 11.1. The smallest absolute Gasteiger partial charge is 0.231 e. The molecule has 0 atom stereocenters. The van der Waals surface area contributed by atoms with E-state index < -0.39 is 10.0 Å². The highest BCUT2D eigenvalue weighted by Gasteiger charge is 2.05. The van der Waals surface area contributed by atoms with Gasteiger partial charge in [-0.25, -0.2) is 8.42 Å². The molecule has 0 bridgehead atoms. The summed E-state index contributed by atoms with van der Waals surface area (Å²) in [5.41, 5.74) is 0. The maximum Gasteiger partial charge on any atom is 0.231 e. The Balaban J connectivity index is 3.95. The first kappa shape index (κ1) is 15.4. The molecule has 0 saturated carbocycles. The Hall–Kier alpha value is -0.590. The van der Waals surface area contributed by atoms with E-state index in [4.69, 9.17) is 9.47 Å². The molecule has 0 aromatic heterocycles. The molecule has 0 rings (SSSR count). The van der Waals surface area contributed by atoms with Gasteiger partial charge < -0.3 is 9.47 Å². The molecule has 0 spiro atoms. The Bertz CT molecular complexity index is 281. The van der Waals surface area contributed by atoms with Crippen LogP contribution in [-0.2, 0) is 19.5 Å². The van der Waals surface area contributed by atoms with Gasteiger partial charge in [0.15, 0.2) is 6.29 Å². The molecule has 0 amide bonds. The van der Waals surface area contributed by atoms with Crippen LogP contribution in [-0.4, -0.2) is 33.7 Å². The lowest BCUT2D eigenvalue weighted by Gasteiger charge is -2.14. The summed E-state index contributed by atoms with van der Waals surface area (Å²) >= 11 is 0. The minimum absolute atomic E-state index is 0.0672. The van der Waals surface area contributed by atoms with Crippen LogP contribution in [0.25, 0.3) is 0 Å². The molecule has 0 fully saturated rings. The average Bonchev–Trinajstić information content (AvgIpc) is 2.25. The summed E-state index contributed by atoms with van der Waals surface area (Å²) in [7, 11) is -3.16. The van der Waals surface area contributed by atoms with Gasteiger partial charge in [0, 0.05) is 25.8 Å². The van der Waals surface area contributed by atoms with Gasteiger partial charge in [0.25, 0.3) is 0 Å². The van der Waals surface area contributed by atoms with Gasteiger partial charge in [-0.05, 0) is 20.8 Å². The molecule has 0 radical (unpaired) electrons. The zero-order chi connectivity index (χ0) is 12.4. The molecule has 0 aromatic carbocycles. The first-order valence-corrected chi connectivity index (χ1v) is 7.09. The third-order valence-electron chi connectivity index (χ3n) is 1.78. The van der Waals surface area contributed by atoms with Gasteiger partial charge >= 0.3 is 0 Å². The van der Waals surface area contributed by atoms with Crippen LogP contribution in [0.2, 0.25) is 0 Å². The summed E-state index contributed by atoms with van der Waals surface area (Å²) in [5.74, 6) is 0.0672. The number of hydrogen-bond donors (Lipinski definition) is 1. The quantitative estimate of drug-likeness (QED) is 0.626. The summed E-state index contributed by atoms with van der Waals surface area (Å²) < 4.78 is 35.1. The second-order valence-electron chi connectivity index (χ2n) is 3.00. The van der Waals surface area contributed by atoms with Crippen LogP contribution in [0.1, 0.15) is 27.2 Å². The fourth-order valence-corrected chi connectivity index (χ4v) is 1.44. The van der Waals surface area contributed by atoms with E-state index in [2.05, 4.69) is 4.72 Å². The van der Waals surface area contributed by atoms with Gasteiger partial charge in [-0.2, -0.15) is 0 Å². The molecule has 6 heteroatoms. The summed E-state index contributed by atoms with van der Waals surface area (Å²) in [4.78, 5) is 0. The van der Waals surface area contributed by atoms with Gasteiger partial charge in [-0.1, -0.05) is 6.08 Å². The highest BCUT2D eigenvalue weighted by molar-refractivity contribution is 7.89. The molecule has 0 saturated heterocycles. The number of nitrogens with one attached hydrogen (secondary N) is 1. The molecule has 1 N–H and O–H groups in total. The predicted octanol–water partition coefficient (Wildman–Crippen LogP) is 1.23. The van der Waals surface area contributed by atoms with Crippen molar-refractivity contribution in [2.24, 2.45) is 0 Å². The van der Waals surface area contributed by atoms with Crippen LogP contribution in [0.5, 0.6) is 0 Å². The van der Waals surface area contributed by atoms with E-state index in [0.29, 0.717) is 19.6 Å². The van der Waals surface area contributed by atoms with Gasteiger partial charge in [0.2, 0.25) is 10.0 Å². The maximum atomic E-state index is 11.1. The zero-order valence-corrected chi connectivity index (χ0v) is 10.9. The third kappa shape index (κ3) is 7.67. The minimum Gasteiger partial charge on any atom is -0.353 e. The molecule has 0 aliphatic heterocycles. The molecule has 0 unspecified atom stereocenters. The van der Waals surface area contributed by atoms with Crippen LogP contribution in [0.15, 0.2) is 12.3 Å². The van der Waals surface area contributed by atoms with Gasteiger partial charge in [-0.15, -0.1) is 0 Å². The normalized spacial score (nSPS) is 12.5. The van der Waals surface area contributed by atoms with Crippen LogP contribution in [0, 0.1) is 0 Å². The molecule has 0 heterocycles. The Morgan fingerprint density at radius 2 is 1.75 bits per heavy atom. The molecule has 0 aliphatic carbocycles. The van der Waals surface area contributed by atoms with Crippen molar-refractivity contribution >= 4 is 10.0 Å². The van der Waals surface area contributed by atoms with Crippen molar-refractivity contribution in [3.8, 4) is 0 Å². The predicted molar refractivity (Wildman–Crippen MR) is 63.4 cm³/mol. The van der Waals surface area contributed by atoms with Gasteiger partial charge in [0.05, 0.1) is 5.75 Å². The Morgan fingerprint density at radius 3 is 2.19 bits per heavy atom. The van der Waals surface area contributed by atoms with E-state index in [1.165, 1.54) is 6.20 Å². The van der Waals surface area contributed by atoms with Crippen molar-refractivity contribution in [3.05, 3.63) is 12.3 Å². The van der Waals surface area contributed by atoms with Crippen molar-refractivity contribution in [1.29, 1.82) is 0 Å². The van der Waals surface area contributed by atoms with Crippen molar-refractivity contribution in [1.82, 2.24) is 4.72 Å². The molecule has 0 aromatic rings. The van der Waals surface area contributed by atoms with E-state index in [-0.39, 0.29) is 12.0 Å². The SMILES string of the molecule is CCOC(CC=CNS(=O)(=O)CC)OCC. The number of hydrogen-bond acceptors (Lipinski definition) is 4. The van der Waals surface area contributed by atoms with Crippen LogP contribution in [0.4, 0.5) is 0 Å². The summed E-state index contributed by atoms with van der Waals surface area (Å²) in [6, 6.07) is 0. The highest BCUT2D eigenvalue weighted by Crippen LogP contribution is 2.01.